The van der Waals surface area contributed by atoms with Gasteiger partial charge < -0.3 is 24.4 Å². The van der Waals surface area contributed by atoms with Crippen LogP contribution in [0.5, 0.6) is 11.5 Å². The summed E-state index contributed by atoms with van der Waals surface area (Å²) in [7, 11) is 6.81. The van der Waals surface area contributed by atoms with Crippen molar-refractivity contribution in [1.29, 1.82) is 0 Å². The van der Waals surface area contributed by atoms with Gasteiger partial charge in [-0.3, -0.25) is 9.59 Å². The van der Waals surface area contributed by atoms with Gasteiger partial charge in [-0.05, 0) is 48.6 Å². The predicted molar refractivity (Wildman–Crippen MR) is 131 cm³/mol. The number of Topliss-reactive ketones (excluding diaryl/α,β-unsaturated/α-hetero) is 1. The minimum Gasteiger partial charge on any atom is -0.507 e. The summed E-state index contributed by atoms with van der Waals surface area (Å²) < 4.78 is 10.8. The normalized spacial score (nSPS) is 17.6. The summed E-state index contributed by atoms with van der Waals surface area (Å²) in [6, 6.07) is 17.8. The topological polar surface area (TPSA) is 79.3 Å². The molecule has 34 heavy (non-hydrogen) atoms. The summed E-state index contributed by atoms with van der Waals surface area (Å²) in [5.41, 5.74) is 1.10. The lowest BCUT2D eigenvalue weighted by Crippen LogP contribution is -2.35. The maximum atomic E-state index is 13.4. The molecule has 0 aromatic heterocycles. The van der Waals surface area contributed by atoms with E-state index < -0.39 is 17.7 Å². The summed E-state index contributed by atoms with van der Waals surface area (Å²) >= 11 is 0. The van der Waals surface area contributed by atoms with E-state index in [2.05, 4.69) is 0 Å². The second kappa shape index (κ2) is 9.57. The summed E-state index contributed by atoms with van der Waals surface area (Å²) in [6.07, 6.45) is 0. The maximum absolute atomic E-state index is 13.4. The third kappa shape index (κ3) is 4.10. The molecule has 7 heteroatoms. The summed E-state index contributed by atoms with van der Waals surface area (Å²) in [5.74, 6) is -0.790. The van der Waals surface area contributed by atoms with Gasteiger partial charge in [-0.25, -0.2) is 0 Å². The molecule has 0 radical (unpaired) electrons. The van der Waals surface area contributed by atoms with Gasteiger partial charge in [0.15, 0.2) is 0 Å². The van der Waals surface area contributed by atoms with E-state index >= 15 is 0 Å². The van der Waals surface area contributed by atoms with Crippen LogP contribution in [0.2, 0.25) is 0 Å². The lowest BCUT2D eigenvalue weighted by molar-refractivity contribution is -0.140. The van der Waals surface area contributed by atoms with E-state index in [0.29, 0.717) is 24.6 Å². The van der Waals surface area contributed by atoms with Crippen molar-refractivity contribution in [3.8, 4) is 11.5 Å². The number of amides is 1. The number of fused-ring (bicyclic) bond motifs is 1. The zero-order valence-electron chi connectivity index (χ0n) is 19.7. The Labute approximate surface area is 198 Å². The molecular weight excluding hydrogens is 432 g/mol. The number of nitrogens with zero attached hydrogens (tertiary/aromatic N) is 2. The van der Waals surface area contributed by atoms with Gasteiger partial charge in [-0.2, -0.15) is 0 Å². The van der Waals surface area contributed by atoms with Gasteiger partial charge in [0.25, 0.3) is 11.7 Å². The van der Waals surface area contributed by atoms with Gasteiger partial charge in [-0.15, -0.1) is 0 Å². The summed E-state index contributed by atoms with van der Waals surface area (Å²) in [4.78, 5) is 30.1. The van der Waals surface area contributed by atoms with Gasteiger partial charge in [0, 0.05) is 13.1 Å². The molecular formula is C27H28N2O5. The zero-order chi connectivity index (χ0) is 24.4. The van der Waals surface area contributed by atoms with E-state index in [1.54, 1.807) is 23.1 Å². The molecule has 0 aliphatic carbocycles. The Kier molecular flexibility index (Phi) is 6.56. The fourth-order valence-electron chi connectivity index (χ4n) is 4.37. The monoisotopic (exact) mass is 460 g/mol. The minimum atomic E-state index is -0.748. The van der Waals surface area contributed by atoms with Crippen LogP contribution in [-0.4, -0.2) is 68.0 Å². The highest BCUT2D eigenvalue weighted by molar-refractivity contribution is 6.46. The number of rotatable bonds is 7. The van der Waals surface area contributed by atoms with Crippen molar-refractivity contribution in [3.05, 3.63) is 77.4 Å². The van der Waals surface area contributed by atoms with Gasteiger partial charge in [0.05, 0.1) is 31.4 Å². The molecule has 0 saturated carbocycles. The third-order valence-corrected chi connectivity index (χ3v) is 6.11. The first-order valence-electron chi connectivity index (χ1n) is 11.0. The molecule has 1 amide bonds. The first-order valence-corrected chi connectivity index (χ1v) is 11.0. The highest BCUT2D eigenvalue weighted by atomic mass is 16.5. The van der Waals surface area contributed by atoms with Crippen molar-refractivity contribution >= 4 is 28.2 Å². The smallest absolute Gasteiger partial charge is 0.295 e. The Morgan fingerprint density at radius 1 is 1.00 bits per heavy atom. The van der Waals surface area contributed by atoms with E-state index in [-0.39, 0.29) is 16.9 Å². The van der Waals surface area contributed by atoms with Gasteiger partial charge in [-0.1, -0.05) is 42.5 Å². The molecule has 1 aliphatic rings. The van der Waals surface area contributed by atoms with Gasteiger partial charge in [0.1, 0.15) is 17.3 Å². The number of methoxy groups -OCH3 is 2. The first-order chi connectivity index (χ1) is 16.4. The van der Waals surface area contributed by atoms with E-state index in [4.69, 9.17) is 9.47 Å². The lowest BCUT2D eigenvalue weighted by atomic mass is 9.91. The van der Waals surface area contributed by atoms with Crippen LogP contribution in [0.25, 0.3) is 16.5 Å². The number of ketones is 1. The van der Waals surface area contributed by atoms with Crippen molar-refractivity contribution in [2.45, 2.75) is 6.04 Å². The van der Waals surface area contributed by atoms with Crippen LogP contribution in [0.15, 0.2) is 66.2 Å². The molecule has 1 saturated heterocycles. The van der Waals surface area contributed by atoms with Crippen LogP contribution in [0.3, 0.4) is 0 Å². The quantitative estimate of drug-likeness (QED) is 0.328. The molecule has 3 aromatic carbocycles. The Hall–Kier alpha value is -3.84. The Morgan fingerprint density at radius 3 is 2.44 bits per heavy atom. The number of carbonyl (C=O) groups is 2. The molecule has 3 aromatic rings. The molecule has 0 bridgehead atoms. The van der Waals surface area contributed by atoms with E-state index in [1.807, 2.05) is 61.5 Å². The largest absolute Gasteiger partial charge is 0.507 e. The number of carbonyl (C=O) groups excluding carboxylic acids is 2. The number of aliphatic hydroxyl groups is 1. The second-order valence-electron chi connectivity index (χ2n) is 8.43. The molecule has 0 spiro atoms. The van der Waals surface area contributed by atoms with Crippen LogP contribution < -0.4 is 9.47 Å². The molecule has 1 unspecified atom stereocenters. The minimum absolute atomic E-state index is 0.0339. The van der Waals surface area contributed by atoms with Crippen molar-refractivity contribution in [2.24, 2.45) is 0 Å². The SMILES string of the molecule is COc1ccc(OC)c(/C(O)=C2\C(=O)C(=O)N(CCN(C)C)C2c2cccc3ccccc23)c1. The zero-order valence-corrected chi connectivity index (χ0v) is 19.7. The molecule has 1 aliphatic heterocycles. The second-order valence-corrected chi connectivity index (χ2v) is 8.43. The van der Waals surface area contributed by atoms with E-state index in [1.165, 1.54) is 14.2 Å². The molecule has 1 atom stereocenters. The van der Waals surface area contributed by atoms with Crippen molar-refractivity contribution < 1.29 is 24.2 Å². The predicted octanol–water partition coefficient (Wildman–Crippen LogP) is 3.84. The fourth-order valence-corrected chi connectivity index (χ4v) is 4.37. The van der Waals surface area contributed by atoms with Crippen LogP contribution >= 0.6 is 0 Å². The number of hydrogen-bond donors (Lipinski definition) is 1. The maximum Gasteiger partial charge on any atom is 0.295 e. The van der Waals surface area contributed by atoms with Crippen LogP contribution in [0.1, 0.15) is 17.2 Å². The van der Waals surface area contributed by atoms with Crippen LogP contribution in [0.4, 0.5) is 0 Å². The van der Waals surface area contributed by atoms with Crippen molar-refractivity contribution in [1.82, 2.24) is 9.80 Å². The molecule has 176 valence electrons. The summed E-state index contributed by atoms with van der Waals surface area (Å²) in [5, 5.41) is 13.4. The Bertz CT molecular complexity index is 1280. The van der Waals surface area contributed by atoms with Crippen LogP contribution in [0, 0.1) is 0 Å². The molecule has 7 nitrogen and oxygen atoms in total. The van der Waals surface area contributed by atoms with Crippen LogP contribution in [-0.2, 0) is 9.59 Å². The highest BCUT2D eigenvalue weighted by Crippen LogP contribution is 2.43. The summed E-state index contributed by atoms with van der Waals surface area (Å²) in [6.45, 7) is 0.897. The fraction of sp³-hybridized carbons (Fsp3) is 0.259. The Morgan fingerprint density at radius 2 is 1.74 bits per heavy atom. The number of hydrogen-bond acceptors (Lipinski definition) is 6. The first kappa shape index (κ1) is 23.3. The average Bonchev–Trinajstić information content (AvgIpc) is 3.10. The third-order valence-electron chi connectivity index (χ3n) is 6.11. The van der Waals surface area contributed by atoms with Gasteiger partial charge in [0.2, 0.25) is 0 Å². The standard InChI is InChI=1S/C27H28N2O5/c1-28(2)14-15-29-24(20-11-7-9-17-8-5-6-10-19(17)20)23(26(31)27(29)32)25(30)21-16-18(33-3)12-13-22(21)34-4/h5-13,16,24,30H,14-15H2,1-4H3/b25-23+. The number of aliphatic hydroxyl groups excluding tert-OH is 1. The molecule has 1 N–H and O–H groups in total. The van der Waals surface area contributed by atoms with E-state index in [9.17, 15) is 14.7 Å². The number of ether oxygens (including phenoxy) is 2. The van der Waals surface area contributed by atoms with Crippen molar-refractivity contribution in [2.75, 3.05) is 41.4 Å². The number of benzene rings is 3. The van der Waals surface area contributed by atoms with E-state index in [0.717, 1.165) is 16.3 Å². The molecule has 1 fully saturated rings. The number of likely N-dealkylation sites (N-methyl/N-ethyl adjacent to an activating group) is 1. The van der Waals surface area contributed by atoms with Gasteiger partial charge >= 0.3 is 0 Å². The number of likely N-dealkylation sites (tertiary alicyclic amines) is 1. The molecule has 1 heterocycles. The Balaban J connectivity index is 1.98. The highest BCUT2D eigenvalue weighted by Gasteiger charge is 2.46. The lowest BCUT2D eigenvalue weighted by Gasteiger charge is -2.27. The van der Waals surface area contributed by atoms with Crippen molar-refractivity contribution in [3.63, 3.8) is 0 Å². The average molecular weight is 461 g/mol. The molecule has 4 rings (SSSR count).